The van der Waals surface area contributed by atoms with Gasteiger partial charge in [0.25, 0.3) is 11.6 Å². The van der Waals surface area contributed by atoms with Crippen LogP contribution in [0.1, 0.15) is 23.6 Å². The Bertz CT molecular complexity index is 940. The standard InChI is InChI=1S/C20H19ClN2O5/c1-3-15-6-4-5-13(2)20(15)22-18(24)12-28-19(25)10-8-14-7-9-16(21)17(11-14)23(26)27/h4-11H,3,12H2,1-2H3,(H,22,24)/b10-8+. The summed E-state index contributed by atoms with van der Waals surface area (Å²) in [5.41, 5.74) is 2.77. The molecule has 0 unspecified atom stereocenters. The number of anilines is 1. The van der Waals surface area contributed by atoms with Crippen LogP contribution < -0.4 is 5.32 Å². The second kappa shape index (κ2) is 9.66. The number of carbonyl (C=O) groups is 2. The molecule has 0 heterocycles. The monoisotopic (exact) mass is 402 g/mol. The van der Waals surface area contributed by atoms with Crippen LogP contribution in [0, 0.1) is 17.0 Å². The number of nitrogens with zero attached hydrogens (tertiary/aromatic N) is 1. The maximum Gasteiger partial charge on any atom is 0.331 e. The maximum absolute atomic E-state index is 12.1. The average molecular weight is 403 g/mol. The Morgan fingerprint density at radius 3 is 2.71 bits per heavy atom. The lowest BCUT2D eigenvalue weighted by Gasteiger charge is -2.12. The van der Waals surface area contributed by atoms with Gasteiger partial charge in [-0.15, -0.1) is 0 Å². The van der Waals surface area contributed by atoms with Gasteiger partial charge in [-0.3, -0.25) is 14.9 Å². The largest absolute Gasteiger partial charge is 0.452 e. The van der Waals surface area contributed by atoms with Crippen LogP contribution in [0.4, 0.5) is 11.4 Å². The van der Waals surface area contributed by atoms with E-state index in [1.165, 1.54) is 24.3 Å². The number of nitrogens with one attached hydrogen (secondary N) is 1. The second-order valence-corrected chi connectivity index (χ2v) is 6.33. The quantitative estimate of drug-likeness (QED) is 0.322. The molecule has 0 radical (unpaired) electrons. The van der Waals surface area contributed by atoms with E-state index in [4.69, 9.17) is 16.3 Å². The van der Waals surface area contributed by atoms with Gasteiger partial charge in [0.1, 0.15) is 5.02 Å². The summed E-state index contributed by atoms with van der Waals surface area (Å²) in [6.45, 7) is 3.42. The molecule has 0 fully saturated rings. The molecule has 2 aromatic rings. The van der Waals surface area contributed by atoms with Crippen molar-refractivity contribution in [3.63, 3.8) is 0 Å². The van der Waals surface area contributed by atoms with E-state index in [9.17, 15) is 19.7 Å². The third-order valence-electron chi connectivity index (χ3n) is 3.93. The normalized spacial score (nSPS) is 10.7. The molecule has 0 saturated carbocycles. The fraction of sp³-hybridized carbons (Fsp3) is 0.200. The van der Waals surface area contributed by atoms with E-state index in [2.05, 4.69) is 5.32 Å². The van der Waals surface area contributed by atoms with Gasteiger partial charge >= 0.3 is 5.97 Å². The van der Waals surface area contributed by atoms with Crippen molar-refractivity contribution < 1.29 is 19.2 Å². The predicted molar refractivity (Wildman–Crippen MR) is 107 cm³/mol. The van der Waals surface area contributed by atoms with Gasteiger partial charge in [-0.2, -0.15) is 0 Å². The van der Waals surface area contributed by atoms with E-state index in [0.29, 0.717) is 5.56 Å². The topological polar surface area (TPSA) is 98.5 Å². The number of ether oxygens (including phenoxy) is 1. The molecule has 0 aliphatic heterocycles. The zero-order chi connectivity index (χ0) is 20.7. The Labute approximate surface area is 167 Å². The third-order valence-corrected chi connectivity index (χ3v) is 4.25. The van der Waals surface area contributed by atoms with Crippen molar-refractivity contribution in [2.24, 2.45) is 0 Å². The first-order valence-corrected chi connectivity index (χ1v) is 8.86. The molecule has 0 bridgehead atoms. The molecule has 0 aliphatic rings. The number of aryl methyl sites for hydroxylation is 2. The number of hydrogen-bond acceptors (Lipinski definition) is 5. The Kier molecular flexibility index (Phi) is 7.28. The number of esters is 1. The number of nitro groups is 1. The molecule has 1 amide bonds. The molecule has 28 heavy (non-hydrogen) atoms. The van der Waals surface area contributed by atoms with Crippen LogP contribution in [0.15, 0.2) is 42.5 Å². The summed E-state index contributed by atoms with van der Waals surface area (Å²) >= 11 is 5.74. The van der Waals surface area contributed by atoms with Gasteiger partial charge in [0, 0.05) is 17.8 Å². The number of rotatable bonds is 7. The summed E-state index contributed by atoms with van der Waals surface area (Å²) in [4.78, 5) is 34.1. The van der Waals surface area contributed by atoms with Crippen molar-refractivity contribution in [2.75, 3.05) is 11.9 Å². The van der Waals surface area contributed by atoms with E-state index >= 15 is 0 Å². The van der Waals surface area contributed by atoms with Gasteiger partial charge in [-0.25, -0.2) is 4.79 Å². The SMILES string of the molecule is CCc1cccc(C)c1NC(=O)COC(=O)/C=C/c1ccc(Cl)c([N+](=O)[O-])c1. The number of hydrogen-bond donors (Lipinski definition) is 1. The van der Waals surface area contributed by atoms with Gasteiger partial charge < -0.3 is 10.1 Å². The van der Waals surface area contributed by atoms with Gasteiger partial charge in [0.05, 0.1) is 4.92 Å². The molecular weight excluding hydrogens is 384 g/mol. The Morgan fingerprint density at radius 1 is 1.29 bits per heavy atom. The molecule has 7 nitrogen and oxygen atoms in total. The van der Waals surface area contributed by atoms with Crippen LogP contribution >= 0.6 is 11.6 Å². The molecule has 146 valence electrons. The Balaban J connectivity index is 1.94. The highest BCUT2D eigenvalue weighted by Gasteiger charge is 2.12. The number of halogens is 1. The number of nitro benzene ring substituents is 1. The number of amides is 1. The molecule has 0 spiro atoms. The van der Waals surface area contributed by atoms with E-state index < -0.39 is 23.4 Å². The highest BCUT2D eigenvalue weighted by atomic mass is 35.5. The zero-order valence-corrected chi connectivity index (χ0v) is 16.2. The highest BCUT2D eigenvalue weighted by molar-refractivity contribution is 6.32. The van der Waals surface area contributed by atoms with Crippen LogP contribution in [-0.2, 0) is 20.7 Å². The molecule has 0 atom stereocenters. The Morgan fingerprint density at radius 2 is 2.04 bits per heavy atom. The molecule has 0 aromatic heterocycles. The minimum atomic E-state index is -0.742. The van der Waals surface area contributed by atoms with Crippen molar-refractivity contribution in [3.8, 4) is 0 Å². The maximum atomic E-state index is 12.1. The van der Waals surface area contributed by atoms with E-state index in [1.807, 2.05) is 32.0 Å². The third kappa shape index (κ3) is 5.65. The number of carbonyl (C=O) groups excluding carboxylic acids is 2. The first kappa shape index (κ1) is 21.1. The minimum absolute atomic E-state index is 0.00375. The summed E-state index contributed by atoms with van der Waals surface area (Å²) in [6, 6.07) is 9.85. The van der Waals surface area contributed by atoms with Crippen LogP contribution in [0.5, 0.6) is 0 Å². The van der Waals surface area contributed by atoms with Gasteiger partial charge in [-0.05, 0) is 42.2 Å². The van der Waals surface area contributed by atoms with Gasteiger partial charge in [-0.1, -0.05) is 42.8 Å². The zero-order valence-electron chi connectivity index (χ0n) is 15.4. The fourth-order valence-corrected chi connectivity index (χ4v) is 2.69. The highest BCUT2D eigenvalue weighted by Crippen LogP contribution is 2.25. The number of para-hydroxylation sites is 1. The van der Waals surface area contributed by atoms with Gasteiger partial charge in [0.15, 0.2) is 6.61 Å². The summed E-state index contributed by atoms with van der Waals surface area (Å²) in [6.07, 6.45) is 3.19. The van der Waals surface area contributed by atoms with E-state index in [0.717, 1.165) is 29.3 Å². The molecule has 0 saturated heterocycles. The second-order valence-electron chi connectivity index (χ2n) is 5.92. The van der Waals surface area contributed by atoms with Crippen molar-refractivity contribution in [3.05, 3.63) is 74.3 Å². The van der Waals surface area contributed by atoms with E-state index in [-0.39, 0.29) is 10.7 Å². The summed E-state index contributed by atoms with van der Waals surface area (Å²) < 4.78 is 4.91. The van der Waals surface area contributed by atoms with Crippen LogP contribution in [0.25, 0.3) is 6.08 Å². The molecule has 1 N–H and O–H groups in total. The fourth-order valence-electron chi connectivity index (χ4n) is 2.50. The lowest BCUT2D eigenvalue weighted by Crippen LogP contribution is -2.21. The molecule has 0 aliphatic carbocycles. The summed E-state index contributed by atoms with van der Waals surface area (Å²) in [7, 11) is 0. The first-order chi connectivity index (χ1) is 13.3. The molecule has 8 heteroatoms. The van der Waals surface area contributed by atoms with Crippen molar-refractivity contribution in [1.29, 1.82) is 0 Å². The summed E-state index contributed by atoms with van der Waals surface area (Å²) in [5.74, 6) is -1.19. The lowest BCUT2D eigenvalue weighted by atomic mass is 10.1. The van der Waals surface area contributed by atoms with Crippen molar-refractivity contribution in [1.82, 2.24) is 0 Å². The summed E-state index contributed by atoms with van der Waals surface area (Å²) in [5, 5.41) is 13.6. The number of benzene rings is 2. The molecule has 2 aromatic carbocycles. The van der Waals surface area contributed by atoms with Crippen LogP contribution in [0.3, 0.4) is 0 Å². The average Bonchev–Trinajstić information content (AvgIpc) is 2.67. The lowest BCUT2D eigenvalue weighted by molar-refractivity contribution is -0.384. The Hall–Kier alpha value is -3.19. The van der Waals surface area contributed by atoms with Crippen molar-refractivity contribution in [2.45, 2.75) is 20.3 Å². The van der Waals surface area contributed by atoms with Crippen molar-refractivity contribution >= 4 is 40.9 Å². The molecule has 2 rings (SSSR count). The van der Waals surface area contributed by atoms with E-state index in [1.54, 1.807) is 0 Å². The minimum Gasteiger partial charge on any atom is -0.452 e. The predicted octanol–water partition coefficient (Wildman–Crippen LogP) is 4.31. The van der Waals surface area contributed by atoms with Crippen LogP contribution in [-0.4, -0.2) is 23.4 Å². The van der Waals surface area contributed by atoms with Crippen LogP contribution in [0.2, 0.25) is 5.02 Å². The first-order valence-electron chi connectivity index (χ1n) is 8.49. The molecular formula is C20H19ClN2O5. The smallest absolute Gasteiger partial charge is 0.331 e. The van der Waals surface area contributed by atoms with Gasteiger partial charge in [0.2, 0.25) is 0 Å².